The molecule has 0 spiro atoms. The Balaban J connectivity index is 1.62. The highest BCUT2D eigenvalue weighted by atomic mass is 32.2. The Labute approximate surface area is 224 Å². The highest BCUT2D eigenvalue weighted by molar-refractivity contribution is 7.88. The molecular formula is C25H30F3N5O5S. The molecule has 3 aromatic rings. The van der Waals surface area contributed by atoms with Crippen molar-refractivity contribution in [1.82, 2.24) is 14.3 Å². The summed E-state index contributed by atoms with van der Waals surface area (Å²) < 4.78 is 82.3. The number of aryl methyl sites for hydroxylation is 1. The van der Waals surface area contributed by atoms with E-state index in [1.54, 1.807) is 26.0 Å². The van der Waals surface area contributed by atoms with Gasteiger partial charge in [0.25, 0.3) is 0 Å². The molecule has 39 heavy (non-hydrogen) atoms. The second-order valence-corrected chi connectivity index (χ2v) is 11.3. The van der Waals surface area contributed by atoms with Gasteiger partial charge in [0, 0.05) is 30.2 Å². The Morgan fingerprint density at radius 2 is 1.95 bits per heavy atom. The number of nitrogens with one attached hydrogen (secondary N) is 1. The van der Waals surface area contributed by atoms with Crippen LogP contribution >= 0.6 is 0 Å². The van der Waals surface area contributed by atoms with E-state index in [1.807, 2.05) is 0 Å². The molecule has 0 unspecified atom stereocenters. The summed E-state index contributed by atoms with van der Waals surface area (Å²) in [7, 11) is -1.89. The first-order chi connectivity index (χ1) is 18.2. The molecule has 1 saturated heterocycles. The minimum Gasteiger partial charge on any atom is -0.493 e. The van der Waals surface area contributed by atoms with Gasteiger partial charge in [0.15, 0.2) is 11.5 Å². The van der Waals surface area contributed by atoms with Gasteiger partial charge in [-0.3, -0.25) is 0 Å². The number of aromatic nitrogens is 2. The number of nitrogen functional groups attached to an aromatic ring is 1. The molecule has 2 atom stereocenters. The third-order valence-electron chi connectivity index (χ3n) is 6.25. The zero-order valence-electron chi connectivity index (χ0n) is 21.9. The predicted molar refractivity (Wildman–Crippen MR) is 140 cm³/mol. The topological polar surface area (TPSA) is 129 Å². The monoisotopic (exact) mass is 569 g/mol. The van der Waals surface area contributed by atoms with E-state index in [1.165, 1.54) is 17.5 Å². The summed E-state index contributed by atoms with van der Waals surface area (Å²) in [4.78, 5) is 8.93. The van der Waals surface area contributed by atoms with Gasteiger partial charge in [-0.05, 0) is 43.7 Å². The minimum atomic E-state index is -4.54. The number of hydrogen-bond acceptors (Lipinski definition) is 9. The van der Waals surface area contributed by atoms with Crippen molar-refractivity contribution in [2.24, 2.45) is 0 Å². The maximum Gasteiger partial charge on any atom is 0.416 e. The van der Waals surface area contributed by atoms with Crippen molar-refractivity contribution in [3.63, 3.8) is 0 Å². The standard InChI is InChI=1S/C25H30F3N5O5S/c1-14(16-7-17(25(26,27)28)9-18(29)8-16)30-24-20-10-23(22(36-3)11-21(20)31-15(2)32-24)38-13-19-12-33(5-6-37-19)39(4,34)35/h7-11,14,19H,5-6,12-13,29H2,1-4H3,(H,30,31,32)/t14-,19-/m1/s1. The number of sulfonamides is 1. The van der Waals surface area contributed by atoms with Crippen LogP contribution in [0.4, 0.5) is 24.7 Å². The van der Waals surface area contributed by atoms with Crippen molar-refractivity contribution in [3.05, 3.63) is 47.3 Å². The maximum atomic E-state index is 13.3. The number of rotatable bonds is 8. The van der Waals surface area contributed by atoms with Crippen molar-refractivity contribution in [2.75, 3.05) is 50.7 Å². The average molecular weight is 570 g/mol. The molecule has 4 rings (SSSR count). The summed E-state index contributed by atoms with van der Waals surface area (Å²) >= 11 is 0. The lowest BCUT2D eigenvalue weighted by Gasteiger charge is -2.31. The van der Waals surface area contributed by atoms with E-state index >= 15 is 0 Å². The molecule has 3 N–H and O–H groups in total. The summed E-state index contributed by atoms with van der Waals surface area (Å²) in [5.74, 6) is 1.55. The van der Waals surface area contributed by atoms with Gasteiger partial charge in [0.2, 0.25) is 10.0 Å². The van der Waals surface area contributed by atoms with Crippen LogP contribution < -0.4 is 20.5 Å². The highest BCUT2D eigenvalue weighted by Gasteiger charge is 2.32. The second-order valence-electron chi connectivity index (χ2n) is 9.32. The molecule has 1 fully saturated rings. The number of nitrogens with two attached hydrogens (primary N) is 1. The van der Waals surface area contributed by atoms with Crippen LogP contribution in [0.2, 0.25) is 0 Å². The fourth-order valence-corrected chi connectivity index (χ4v) is 5.13. The lowest BCUT2D eigenvalue weighted by molar-refractivity contribution is -0.137. The molecule has 0 radical (unpaired) electrons. The predicted octanol–water partition coefficient (Wildman–Crippen LogP) is 3.76. The highest BCUT2D eigenvalue weighted by Crippen LogP contribution is 2.37. The van der Waals surface area contributed by atoms with Gasteiger partial charge in [-0.2, -0.15) is 17.5 Å². The molecule has 1 aromatic heterocycles. The summed E-state index contributed by atoms with van der Waals surface area (Å²) in [5, 5.41) is 3.72. The summed E-state index contributed by atoms with van der Waals surface area (Å²) in [5.41, 5.74) is 5.77. The van der Waals surface area contributed by atoms with Crippen LogP contribution in [-0.2, 0) is 20.9 Å². The number of morpholine rings is 1. The summed E-state index contributed by atoms with van der Waals surface area (Å²) in [6, 6.07) is 6.16. The number of alkyl halides is 3. The summed E-state index contributed by atoms with van der Waals surface area (Å²) in [6.45, 7) is 4.13. The van der Waals surface area contributed by atoms with Crippen LogP contribution in [0, 0.1) is 6.92 Å². The number of nitrogens with zero attached hydrogens (tertiary/aromatic N) is 3. The van der Waals surface area contributed by atoms with Gasteiger partial charge in [0.1, 0.15) is 24.4 Å². The smallest absolute Gasteiger partial charge is 0.416 e. The first kappa shape index (κ1) is 28.6. The van der Waals surface area contributed by atoms with E-state index in [9.17, 15) is 21.6 Å². The molecule has 1 aliphatic heterocycles. The van der Waals surface area contributed by atoms with Crippen molar-refractivity contribution in [2.45, 2.75) is 32.2 Å². The van der Waals surface area contributed by atoms with Crippen molar-refractivity contribution in [1.29, 1.82) is 0 Å². The van der Waals surface area contributed by atoms with Gasteiger partial charge in [-0.25, -0.2) is 18.4 Å². The third-order valence-corrected chi connectivity index (χ3v) is 7.52. The number of anilines is 2. The molecule has 1 aliphatic rings. The molecular weight excluding hydrogens is 539 g/mol. The van der Waals surface area contributed by atoms with E-state index < -0.39 is 33.9 Å². The van der Waals surface area contributed by atoms with E-state index in [0.717, 1.165) is 18.4 Å². The number of ether oxygens (including phenoxy) is 3. The van der Waals surface area contributed by atoms with Crippen LogP contribution in [0.3, 0.4) is 0 Å². The van der Waals surface area contributed by atoms with Crippen LogP contribution in [-0.4, -0.2) is 68.5 Å². The molecule has 0 bridgehead atoms. The van der Waals surface area contributed by atoms with Gasteiger partial charge in [0.05, 0.1) is 37.1 Å². The minimum absolute atomic E-state index is 0.00278. The number of fused-ring (bicyclic) bond motifs is 1. The van der Waals surface area contributed by atoms with Crippen molar-refractivity contribution in [3.8, 4) is 11.5 Å². The largest absolute Gasteiger partial charge is 0.493 e. The van der Waals surface area contributed by atoms with Crippen LogP contribution in [0.1, 0.15) is 29.9 Å². The molecule has 2 aromatic carbocycles. The van der Waals surface area contributed by atoms with Gasteiger partial charge in [-0.15, -0.1) is 0 Å². The third kappa shape index (κ3) is 6.81. The molecule has 0 amide bonds. The number of methoxy groups -OCH3 is 1. The van der Waals surface area contributed by atoms with E-state index in [0.29, 0.717) is 39.6 Å². The van der Waals surface area contributed by atoms with Gasteiger partial charge in [-0.1, -0.05) is 0 Å². The SMILES string of the molecule is COc1cc2nc(C)nc(N[C@H](C)c3cc(N)cc(C(F)(F)F)c3)c2cc1OC[C@H]1CN(S(C)(=O)=O)CCO1. The first-order valence-corrected chi connectivity index (χ1v) is 13.9. The molecule has 0 aliphatic carbocycles. The zero-order chi connectivity index (χ0) is 28.5. The lowest BCUT2D eigenvalue weighted by Crippen LogP contribution is -2.47. The Morgan fingerprint density at radius 1 is 1.21 bits per heavy atom. The van der Waals surface area contributed by atoms with Crippen molar-refractivity contribution >= 4 is 32.4 Å². The van der Waals surface area contributed by atoms with Crippen LogP contribution in [0.25, 0.3) is 10.9 Å². The molecule has 0 saturated carbocycles. The quantitative estimate of drug-likeness (QED) is 0.390. The van der Waals surface area contributed by atoms with E-state index in [4.69, 9.17) is 19.9 Å². The van der Waals surface area contributed by atoms with E-state index in [-0.39, 0.29) is 32.0 Å². The molecule has 14 heteroatoms. The fraction of sp³-hybridized carbons (Fsp3) is 0.440. The lowest BCUT2D eigenvalue weighted by atomic mass is 10.0. The van der Waals surface area contributed by atoms with Gasteiger partial charge >= 0.3 is 6.18 Å². The number of halogens is 3. The maximum absolute atomic E-state index is 13.3. The van der Waals surface area contributed by atoms with Crippen molar-refractivity contribution < 1.29 is 35.8 Å². The molecule has 212 valence electrons. The zero-order valence-corrected chi connectivity index (χ0v) is 22.7. The number of benzene rings is 2. The fourth-order valence-electron chi connectivity index (χ4n) is 4.29. The Hall–Kier alpha value is -3.36. The summed E-state index contributed by atoms with van der Waals surface area (Å²) in [6.07, 6.45) is -3.88. The van der Waals surface area contributed by atoms with Crippen LogP contribution in [0.15, 0.2) is 30.3 Å². The number of hydrogen-bond donors (Lipinski definition) is 2. The van der Waals surface area contributed by atoms with E-state index in [2.05, 4.69) is 15.3 Å². The van der Waals surface area contributed by atoms with Gasteiger partial charge < -0.3 is 25.3 Å². The first-order valence-electron chi connectivity index (χ1n) is 12.0. The molecule has 10 nitrogen and oxygen atoms in total. The Kier molecular flexibility index (Phi) is 8.09. The van der Waals surface area contributed by atoms with Crippen LogP contribution in [0.5, 0.6) is 11.5 Å². The average Bonchev–Trinajstić information content (AvgIpc) is 2.85. The Morgan fingerprint density at radius 3 is 2.62 bits per heavy atom. The second kappa shape index (κ2) is 11.0. The normalized spacial score (nSPS) is 17.7. The Bertz CT molecular complexity index is 1470. The molecule has 2 heterocycles.